The predicted molar refractivity (Wildman–Crippen MR) is 109 cm³/mol. The summed E-state index contributed by atoms with van der Waals surface area (Å²) in [5.41, 5.74) is 2.55. The van der Waals surface area contributed by atoms with Gasteiger partial charge in [0, 0.05) is 30.3 Å². The second-order valence-corrected chi connectivity index (χ2v) is 7.96. The first-order chi connectivity index (χ1) is 13.6. The number of rotatable bonds is 0. The van der Waals surface area contributed by atoms with Crippen molar-refractivity contribution in [3.05, 3.63) is 70.0 Å². The average molecular weight is 370 g/mol. The molecule has 5 rings (SSSR count). The molecule has 28 heavy (non-hydrogen) atoms. The maximum atomic E-state index is 13.2. The van der Waals surface area contributed by atoms with Gasteiger partial charge in [-0.2, -0.15) is 0 Å². The van der Waals surface area contributed by atoms with Crippen molar-refractivity contribution in [2.45, 2.75) is 44.8 Å². The van der Waals surface area contributed by atoms with E-state index in [-0.39, 0.29) is 11.1 Å². The molecule has 2 aliphatic heterocycles. The molecule has 1 unspecified atom stereocenters. The molecule has 0 bridgehead atoms. The summed E-state index contributed by atoms with van der Waals surface area (Å²) in [6.07, 6.45) is 6.02. The van der Waals surface area contributed by atoms with E-state index in [2.05, 4.69) is 28.6 Å². The Morgan fingerprint density at radius 3 is 2.93 bits per heavy atom. The molecule has 1 fully saturated rings. The van der Waals surface area contributed by atoms with Crippen molar-refractivity contribution in [2.75, 3.05) is 6.54 Å². The lowest BCUT2D eigenvalue weighted by Crippen LogP contribution is -2.42. The van der Waals surface area contributed by atoms with E-state index in [1.807, 2.05) is 41.0 Å². The molecular weight excluding hydrogens is 348 g/mol. The van der Waals surface area contributed by atoms with Crippen LogP contribution in [0.25, 0.3) is 10.9 Å². The fourth-order valence-corrected chi connectivity index (χ4v) is 4.41. The van der Waals surface area contributed by atoms with Gasteiger partial charge in [-0.25, -0.2) is 9.97 Å². The fourth-order valence-electron chi connectivity index (χ4n) is 4.41. The van der Waals surface area contributed by atoms with Crippen molar-refractivity contribution in [1.82, 2.24) is 19.4 Å². The molecule has 0 amide bonds. The van der Waals surface area contributed by atoms with Gasteiger partial charge in [0.1, 0.15) is 11.5 Å². The van der Waals surface area contributed by atoms with Crippen LogP contribution < -0.4 is 5.56 Å². The van der Waals surface area contributed by atoms with Crippen LogP contribution in [-0.4, -0.2) is 31.5 Å². The molecule has 1 saturated heterocycles. The molecule has 0 spiro atoms. The first-order valence-electron chi connectivity index (χ1n) is 9.84. The van der Waals surface area contributed by atoms with E-state index in [9.17, 15) is 4.79 Å². The van der Waals surface area contributed by atoms with Gasteiger partial charge in [-0.15, -0.1) is 0 Å². The van der Waals surface area contributed by atoms with Crippen LogP contribution in [0.3, 0.4) is 0 Å². The quantitative estimate of drug-likeness (QED) is 0.571. The first kappa shape index (κ1) is 17.2. The molecule has 140 valence electrons. The van der Waals surface area contributed by atoms with Gasteiger partial charge in [-0.1, -0.05) is 12.0 Å². The van der Waals surface area contributed by atoms with Gasteiger partial charge < -0.3 is 0 Å². The number of aromatic nitrogens is 3. The third kappa shape index (κ3) is 2.90. The standard InChI is InChI=1S/C23H22N4O/c1-23-11-4-14-26(23)16-27-21(10-12-23)25-20-15-17(7-9-19(20)22(27)28)6-8-18-5-2-3-13-24-18/h2-3,5,7,9,13,15H,4,10-12,14,16H2,1H3. The summed E-state index contributed by atoms with van der Waals surface area (Å²) in [6.45, 7) is 4.03. The van der Waals surface area contributed by atoms with Crippen LogP contribution in [-0.2, 0) is 13.1 Å². The molecule has 1 atom stereocenters. The Labute approximate surface area is 164 Å². The molecule has 0 N–H and O–H groups in total. The summed E-state index contributed by atoms with van der Waals surface area (Å²) in [6, 6.07) is 11.3. The van der Waals surface area contributed by atoms with Crippen LogP contribution in [0, 0.1) is 11.8 Å². The molecule has 2 aliphatic rings. The van der Waals surface area contributed by atoms with Crippen LogP contribution in [0.2, 0.25) is 0 Å². The lowest BCUT2D eigenvalue weighted by atomic mass is 9.93. The molecule has 2 aromatic heterocycles. The summed E-state index contributed by atoms with van der Waals surface area (Å²) in [5, 5.41) is 0.662. The Hall–Kier alpha value is -2.97. The third-order valence-corrected chi connectivity index (χ3v) is 6.14. The van der Waals surface area contributed by atoms with E-state index in [0.717, 1.165) is 42.0 Å². The summed E-state index contributed by atoms with van der Waals surface area (Å²) in [7, 11) is 0. The van der Waals surface area contributed by atoms with Crippen molar-refractivity contribution < 1.29 is 0 Å². The zero-order valence-corrected chi connectivity index (χ0v) is 16.0. The van der Waals surface area contributed by atoms with E-state index >= 15 is 0 Å². The average Bonchev–Trinajstić information content (AvgIpc) is 3.02. The van der Waals surface area contributed by atoms with E-state index < -0.39 is 0 Å². The number of hydrogen-bond acceptors (Lipinski definition) is 4. The Kier molecular flexibility index (Phi) is 4.03. The van der Waals surface area contributed by atoms with Crippen molar-refractivity contribution in [3.63, 3.8) is 0 Å². The summed E-state index contributed by atoms with van der Waals surface area (Å²) in [4.78, 5) is 24.7. The Morgan fingerprint density at radius 1 is 1.14 bits per heavy atom. The highest BCUT2D eigenvalue weighted by atomic mass is 16.1. The molecule has 0 radical (unpaired) electrons. The normalized spacial score (nSPS) is 21.5. The number of hydrogen-bond donors (Lipinski definition) is 0. The highest BCUT2D eigenvalue weighted by Gasteiger charge is 2.38. The minimum atomic E-state index is 0.0559. The minimum absolute atomic E-state index is 0.0559. The Morgan fingerprint density at radius 2 is 2.07 bits per heavy atom. The Balaban J connectivity index is 1.56. The van der Waals surface area contributed by atoms with Crippen LogP contribution >= 0.6 is 0 Å². The molecule has 0 aliphatic carbocycles. The van der Waals surface area contributed by atoms with Gasteiger partial charge in [-0.3, -0.25) is 14.3 Å². The summed E-state index contributed by atoms with van der Waals surface area (Å²) < 4.78 is 1.87. The predicted octanol–water partition coefficient (Wildman–Crippen LogP) is 2.95. The fraction of sp³-hybridized carbons (Fsp3) is 0.348. The van der Waals surface area contributed by atoms with Crippen molar-refractivity contribution >= 4 is 10.9 Å². The maximum Gasteiger partial charge on any atom is 0.262 e. The topological polar surface area (TPSA) is 51.0 Å². The second kappa shape index (κ2) is 6.57. The van der Waals surface area contributed by atoms with Crippen molar-refractivity contribution in [1.29, 1.82) is 0 Å². The molecule has 5 nitrogen and oxygen atoms in total. The first-order valence-corrected chi connectivity index (χ1v) is 9.84. The van der Waals surface area contributed by atoms with Crippen molar-refractivity contribution in [3.8, 4) is 11.8 Å². The van der Waals surface area contributed by atoms with Gasteiger partial charge in [-0.05, 0) is 62.4 Å². The van der Waals surface area contributed by atoms with Crippen molar-refractivity contribution in [2.24, 2.45) is 0 Å². The number of benzene rings is 1. The molecule has 1 aromatic carbocycles. The smallest absolute Gasteiger partial charge is 0.262 e. The van der Waals surface area contributed by atoms with Gasteiger partial charge in [0.2, 0.25) is 0 Å². The zero-order chi connectivity index (χ0) is 19.1. The SMILES string of the molecule is CC12CCCN1Cn1c(nc3cc(C#Cc4ccccn4)ccc3c1=O)CC2. The van der Waals surface area contributed by atoms with Crippen LogP contribution in [0.15, 0.2) is 47.4 Å². The number of aryl methyl sites for hydroxylation is 1. The lowest BCUT2D eigenvalue weighted by molar-refractivity contribution is 0.119. The maximum absolute atomic E-state index is 13.2. The Bertz CT molecular complexity index is 1170. The molecule has 3 aromatic rings. The van der Waals surface area contributed by atoms with Crippen LogP contribution in [0.5, 0.6) is 0 Å². The third-order valence-electron chi connectivity index (χ3n) is 6.14. The summed E-state index contributed by atoms with van der Waals surface area (Å²) >= 11 is 0. The van der Waals surface area contributed by atoms with Gasteiger partial charge >= 0.3 is 0 Å². The van der Waals surface area contributed by atoms with E-state index in [1.54, 1.807) is 6.20 Å². The van der Waals surface area contributed by atoms with Crippen LogP contribution in [0.1, 0.15) is 43.3 Å². The van der Waals surface area contributed by atoms with E-state index in [4.69, 9.17) is 4.98 Å². The largest absolute Gasteiger partial charge is 0.282 e. The van der Waals surface area contributed by atoms with Gasteiger partial charge in [0.25, 0.3) is 5.56 Å². The molecule has 0 saturated carbocycles. The van der Waals surface area contributed by atoms with Gasteiger partial charge in [0.05, 0.1) is 17.6 Å². The second-order valence-electron chi connectivity index (χ2n) is 7.96. The number of pyridine rings is 1. The molecule has 4 heterocycles. The number of nitrogens with zero attached hydrogens (tertiary/aromatic N) is 4. The molecular formula is C23H22N4O. The zero-order valence-electron chi connectivity index (χ0n) is 16.0. The summed E-state index contributed by atoms with van der Waals surface area (Å²) in [5.74, 6) is 7.09. The lowest BCUT2D eigenvalue weighted by Gasteiger charge is -2.33. The minimum Gasteiger partial charge on any atom is -0.282 e. The van der Waals surface area contributed by atoms with Crippen LogP contribution in [0.4, 0.5) is 0 Å². The molecule has 5 heteroatoms. The number of fused-ring (bicyclic) bond motifs is 3. The highest BCUT2D eigenvalue weighted by Crippen LogP contribution is 2.35. The highest BCUT2D eigenvalue weighted by molar-refractivity contribution is 5.79. The van der Waals surface area contributed by atoms with E-state index in [1.165, 1.54) is 12.8 Å². The van der Waals surface area contributed by atoms with Gasteiger partial charge in [0.15, 0.2) is 0 Å². The monoisotopic (exact) mass is 370 g/mol. The van der Waals surface area contributed by atoms with E-state index in [0.29, 0.717) is 12.1 Å².